The van der Waals surface area contributed by atoms with Crippen molar-refractivity contribution in [3.63, 3.8) is 0 Å². The van der Waals surface area contributed by atoms with E-state index in [1.165, 1.54) is 6.92 Å². The molecule has 1 aromatic rings. The first kappa shape index (κ1) is 10.8. The molecule has 0 unspecified atom stereocenters. The number of hydrogen-bond donors (Lipinski definition) is 0. The summed E-state index contributed by atoms with van der Waals surface area (Å²) >= 11 is 5.78. The van der Waals surface area contributed by atoms with Crippen LogP contribution in [0.3, 0.4) is 0 Å². The molecule has 0 bridgehead atoms. The maximum atomic E-state index is 10.8. The summed E-state index contributed by atoms with van der Waals surface area (Å²) in [5.74, 6) is 0.155. The molecule has 1 aromatic carbocycles. The lowest BCUT2D eigenvalue weighted by Gasteiger charge is -2.07. The molecule has 14 heavy (non-hydrogen) atoms. The van der Waals surface area contributed by atoms with Crippen LogP contribution in [0, 0.1) is 0 Å². The van der Waals surface area contributed by atoms with Gasteiger partial charge in [0, 0.05) is 11.9 Å². The topological polar surface area (TPSA) is 26.3 Å². The summed E-state index contributed by atoms with van der Waals surface area (Å²) < 4.78 is 5.01. The molecular formula is C11H11ClO2. The van der Waals surface area contributed by atoms with Gasteiger partial charge in [-0.25, -0.2) is 0 Å². The fourth-order valence-corrected chi connectivity index (χ4v) is 1.26. The van der Waals surface area contributed by atoms with Gasteiger partial charge < -0.3 is 4.74 Å². The van der Waals surface area contributed by atoms with Crippen molar-refractivity contribution in [3.05, 3.63) is 41.4 Å². The van der Waals surface area contributed by atoms with E-state index in [4.69, 9.17) is 16.3 Å². The van der Waals surface area contributed by atoms with Crippen molar-refractivity contribution in [1.82, 2.24) is 0 Å². The zero-order valence-electron chi connectivity index (χ0n) is 7.92. The predicted octanol–water partition coefficient (Wildman–Crippen LogP) is 2.99. The van der Waals surface area contributed by atoms with Crippen LogP contribution in [0.25, 0.3) is 0 Å². The van der Waals surface area contributed by atoms with E-state index >= 15 is 0 Å². The van der Waals surface area contributed by atoms with Crippen LogP contribution in [0.4, 0.5) is 0 Å². The van der Waals surface area contributed by atoms with Crippen LogP contribution in [0.5, 0.6) is 5.75 Å². The fourth-order valence-electron chi connectivity index (χ4n) is 1.10. The number of halogens is 1. The SMILES string of the molecule is C=CCc1ccc(Cl)cc1OC(C)=O. The number of allylic oxidation sites excluding steroid dienone is 1. The molecule has 0 aliphatic carbocycles. The molecule has 3 heteroatoms. The van der Waals surface area contributed by atoms with Gasteiger partial charge in [0.15, 0.2) is 0 Å². The second-order valence-corrected chi connectivity index (χ2v) is 3.27. The van der Waals surface area contributed by atoms with E-state index in [0.29, 0.717) is 17.2 Å². The summed E-state index contributed by atoms with van der Waals surface area (Å²) in [6, 6.07) is 5.21. The second-order valence-electron chi connectivity index (χ2n) is 2.84. The first-order valence-corrected chi connectivity index (χ1v) is 4.59. The highest BCUT2D eigenvalue weighted by Gasteiger charge is 2.05. The molecule has 0 aliphatic rings. The quantitative estimate of drug-likeness (QED) is 0.436. The van der Waals surface area contributed by atoms with Crippen molar-refractivity contribution in [2.45, 2.75) is 13.3 Å². The van der Waals surface area contributed by atoms with E-state index in [2.05, 4.69) is 6.58 Å². The van der Waals surface area contributed by atoms with E-state index in [1.807, 2.05) is 6.07 Å². The molecule has 0 radical (unpaired) electrons. The number of hydrogen-bond acceptors (Lipinski definition) is 2. The van der Waals surface area contributed by atoms with Gasteiger partial charge in [-0.3, -0.25) is 4.79 Å². The maximum Gasteiger partial charge on any atom is 0.308 e. The third-order valence-electron chi connectivity index (χ3n) is 1.65. The van der Waals surface area contributed by atoms with Crippen molar-refractivity contribution in [1.29, 1.82) is 0 Å². The number of carbonyl (C=O) groups is 1. The van der Waals surface area contributed by atoms with Crippen molar-refractivity contribution in [2.24, 2.45) is 0 Å². The van der Waals surface area contributed by atoms with Crippen LogP contribution in [0.2, 0.25) is 5.02 Å². The lowest BCUT2D eigenvalue weighted by molar-refractivity contribution is -0.131. The molecule has 0 amide bonds. The van der Waals surface area contributed by atoms with Crippen LogP contribution in [-0.2, 0) is 11.2 Å². The predicted molar refractivity (Wildman–Crippen MR) is 56.7 cm³/mol. The minimum absolute atomic E-state index is 0.349. The Morgan fingerprint density at radius 3 is 2.93 bits per heavy atom. The van der Waals surface area contributed by atoms with E-state index in [0.717, 1.165) is 5.56 Å². The Hall–Kier alpha value is -1.28. The Labute approximate surface area is 88.1 Å². The van der Waals surface area contributed by atoms with Gasteiger partial charge in [0.1, 0.15) is 5.75 Å². The van der Waals surface area contributed by atoms with Gasteiger partial charge in [-0.05, 0) is 24.1 Å². The summed E-state index contributed by atoms with van der Waals surface area (Å²) in [6.07, 6.45) is 2.40. The van der Waals surface area contributed by atoms with Crippen LogP contribution >= 0.6 is 11.6 Å². The molecule has 0 heterocycles. The largest absolute Gasteiger partial charge is 0.426 e. The van der Waals surface area contributed by atoms with E-state index < -0.39 is 0 Å². The number of carbonyl (C=O) groups excluding carboxylic acids is 1. The average Bonchev–Trinajstić information content (AvgIpc) is 2.09. The Bertz CT molecular complexity index is 358. The lowest BCUT2D eigenvalue weighted by Crippen LogP contribution is -2.03. The van der Waals surface area contributed by atoms with E-state index in [1.54, 1.807) is 18.2 Å². The van der Waals surface area contributed by atoms with Gasteiger partial charge in [0.25, 0.3) is 0 Å². The molecule has 0 saturated heterocycles. The van der Waals surface area contributed by atoms with Crippen LogP contribution in [0.15, 0.2) is 30.9 Å². The second kappa shape index (κ2) is 4.82. The molecule has 0 atom stereocenters. The molecule has 1 rings (SSSR count). The van der Waals surface area contributed by atoms with Crippen molar-refractivity contribution in [3.8, 4) is 5.75 Å². The number of benzene rings is 1. The Morgan fingerprint density at radius 2 is 2.36 bits per heavy atom. The summed E-state index contributed by atoms with van der Waals surface area (Å²) in [5.41, 5.74) is 0.902. The highest BCUT2D eigenvalue weighted by atomic mass is 35.5. The highest BCUT2D eigenvalue weighted by molar-refractivity contribution is 6.30. The third-order valence-corrected chi connectivity index (χ3v) is 1.88. The first-order valence-electron chi connectivity index (χ1n) is 4.21. The van der Waals surface area contributed by atoms with Gasteiger partial charge in [-0.1, -0.05) is 23.7 Å². The van der Waals surface area contributed by atoms with Gasteiger partial charge in [-0.15, -0.1) is 6.58 Å². The van der Waals surface area contributed by atoms with Crippen LogP contribution < -0.4 is 4.74 Å². The average molecular weight is 211 g/mol. The standard InChI is InChI=1S/C11H11ClO2/c1-3-4-9-5-6-10(12)7-11(9)14-8(2)13/h3,5-7H,1,4H2,2H3. The van der Waals surface area contributed by atoms with Gasteiger partial charge in [0.05, 0.1) is 0 Å². The summed E-state index contributed by atoms with van der Waals surface area (Å²) in [7, 11) is 0. The van der Waals surface area contributed by atoms with E-state index in [-0.39, 0.29) is 5.97 Å². The normalized spacial score (nSPS) is 9.57. The Morgan fingerprint density at radius 1 is 1.64 bits per heavy atom. The van der Waals surface area contributed by atoms with Gasteiger partial charge in [0.2, 0.25) is 0 Å². The molecule has 0 N–H and O–H groups in total. The fraction of sp³-hybridized carbons (Fsp3) is 0.182. The molecule has 0 aromatic heterocycles. The van der Waals surface area contributed by atoms with Crippen LogP contribution in [0.1, 0.15) is 12.5 Å². The zero-order valence-corrected chi connectivity index (χ0v) is 8.67. The van der Waals surface area contributed by atoms with Gasteiger partial charge >= 0.3 is 5.97 Å². The Balaban J connectivity index is 3.01. The number of ether oxygens (including phenoxy) is 1. The molecule has 0 fully saturated rings. The van der Waals surface area contributed by atoms with Crippen LogP contribution in [-0.4, -0.2) is 5.97 Å². The maximum absolute atomic E-state index is 10.8. The monoisotopic (exact) mass is 210 g/mol. The van der Waals surface area contributed by atoms with Crippen molar-refractivity contribution in [2.75, 3.05) is 0 Å². The molecule has 2 nitrogen and oxygen atoms in total. The summed E-state index contributed by atoms with van der Waals surface area (Å²) in [4.78, 5) is 10.8. The van der Waals surface area contributed by atoms with Gasteiger partial charge in [-0.2, -0.15) is 0 Å². The molecule has 0 aliphatic heterocycles. The molecule has 74 valence electrons. The lowest BCUT2D eigenvalue weighted by atomic mass is 10.1. The first-order chi connectivity index (χ1) is 6.63. The van der Waals surface area contributed by atoms with Crippen molar-refractivity contribution >= 4 is 17.6 Å². The zero-order chi connectivity index (χ0) is 10.6. The minimum atomic E-state index is -0.349. The minimum Gasteiger partial charge on any atom is -0.426 e. The summed E-state index contributed by atoms with van der Waals surface area (Å²) in [6.45, 7) is 4.98. The van der Waals surface area contributed by atoms with E-state index in [9.17, 15) is 4.79 Å². The Kier molecular flexibility index (Phi) is 3.72. The molecular weight excluding hydrogens is 200 g/mol. The summed E-state index contributed by atoms with van der Waals surface area (Å²) in [5, 5.41) is 0.550. The van der Waals surface area contributed by atoms with Crippen molar-refractivity contribution < 1.29 is 9.53 Å². The molecule has 0 saturated carbocycles. The number of rotatable bonds is 3. The highest BCUT2D eigenvalue weighted by Crippen LogP contribution is 2.24. The third kappa shape index (κ3) is 2.89. The smallest absolute Gasteiger partial charge is 0.308 e. The molecule has 0 spiro atoms. The number of esters is 1.